The normalized spacial score (nSPS) is 15.6. The highest BCUT2D eigenvalue weighted by Gasteiger charge is 2.25. The second kappa shape index (κ2) is 12.3. The third-order valence-electron chi connectivity index (χ3n) is 5.28. The minimum absolute atomic E-state index is 0. The average molecular weight is 562 g/mol. The average Bonchev–Trinajstić information content (AvgIpc) is 3.30. The molecule has 0 saturated carbocycles. The molecule has 3 aromatic rings. The highest BCUT2D eigenvalue weighted by Crippen LogP contribution is 2.20. The Labute approximate surface area is 210 Å². The van der Waals surface area contributed by atoms with Crippen LogP contribution in [0.2, 0.25) is 0 Å². The molecule has 9 heteroatoms. The first-order valence-electron chi connectivity index (χ1n) is 10.7. The molecule has 0 amide bonds. The Morgan fingerprint density at radius 2 is 1.97 bits per heavy atom. The van der Waals surface area contributed by atoms with E-state index in [1.165, 1.54) is 6.07 Å². The molecule has 2 aromatic heterocycles. The maximum atomic E-state index is 14.0. The lowest BCUT2D eigenvalue weighted by Crippen LogP contribution is -2.44. The number of guanidine groups is 1. The van der Waals surface area contributed by atoms with Crippen molar-refractivity contribution in [3.8, 4) is 5.88 Å². The zero-order valence-electron chi connectivity index (χ0n) is 18.4. The van der Waals surface area contributed by atoms with Crippen LogP contribution in [0.25, 0.3) is 0 Å². The van der Waals surface area contributed by atoms with Crippen LogP contribution < -0.4 is 20.3 Å². The lowest BCUT2D eigenvalue weighted by molar-refractivity contribution is 0.293. The van der Waals surface area contributed by atoms with Crippen molar-refractivity contribution >= 4 is 35.8 Å². The largest absolute Gasteiger partial charge is 0.473 e. The molecule has 0 bridgehead atoms. The number of halogens is 2. The number of anilines is 1. The van der Waals surface area contributed by atoms with Crippen molar-refractivity contribution in [3.63, 3.8) is 0 Å². The van der Waals surface area contributed by atoms with Gasteiger partial charge in [-0.2, -0.15) is 0 Å². The first-order chi connectivity index (χ1) is 15.7. The number of pyridine rings is 2. The van der Waals surface area contributed by atoms with E-state index in [1.807, 2.05) is 47.4 Å². The molecule has 1 unspecified atom stereocenters. The van der Waals surface area contributed by atoms with Crippen molar-refractivity contribution in [3.05, 3.63) is 83.9 Å². The molecule has 33 heavy (non-hydrogen) atoms. The summed E-state index contributed by atoms with van der Waals surface area (Å²) in [5, 5.41) is 6.74. The number of hydrogen-bond donors (Lipinski definition) is 2. The molecule has 1 saturated heterocycles. The van der Waals surface area contributed by atoms with E-state index in [1.54, 1.807) is 25.5 Å². The van der Waals surface area contributed by atoms with E-state index < -0.39 is 0 Å². The van der Waals surface area contributed by atoms with Crippen molar-refractivity contribution in [1.82, 2.24) is 20.6 Å². The molecule has 0 radical (unpaired) electrons. The van der Waals surface area contributed by atoms with Gasteiger partial charge in [-0.3, -0.25) is 4.99 Å². The molecular weight excluding hydrogens is 534 g/mol. The van der Waals surface area contributed by atoms with Gasteiger partial charge in [0.15, 0.2) is 17.6 Å². The number of nitrogens with zero attached hydrogens (tertiary/aromatic N) is 4. The zero-order chi connectivity index (χ0) is 22.2. The van der Waals surface area contributed by atoms with E-state index in [-0.39, 0.29) is 35.8 Å². The summed E-state index contributed by atoms with van der Waals surface area (Å²) in [6.45, 7) is 2.47. The molecule has 1 aliphatic heterocycles. The van der Waals surface area contributed by atoms with Gasteiger partial charge in [-0.25, -0.2) is 14.4 Å². The predicted molar refractivity (Wildman–Crippen MR) is 139 cm³/mol. The second-order valence-electron chi connectivity index (χ2n) is 7.59. The van der Waals surface area contributed by atoms with Crippen LogP contribution in [0.4, 0.5) is 10.2 Å². The fourth-order valence-electron chi connectivity index (χ4n) is 3.63. The Morgan fingerprint density at radius 3 is 2.76 bits per heavy atom. The second-order valence-corrected chi connectivity index (χ2v) is 7.59. The van der Waals surface area contributed by atoms with Crippen LogP contribution in [0.1, 0.15) is 17.5 Å². The van der Waals surface area contributed by atoms with Gasteiger partial charge < -0.3 is 20.3 Å². The molecule has 1 aromatic carbocycles. The molecule has 4 rings (SSSR count). The fraction of sp³-hybridized carbons (Fsp3) is 0.292. The minimum Gasteiger partial charge on any atom is -0.473 e. The molecule has 7 nitrogen and oxygen atoms in total. The summed E-state index contributed by atoms with van der Waals surface area (Å²) < 4.78 is 19.8. The maximum Gasteiger partial charge on any atom is 0.213 e. The molecule has 1 atom stereocenters. The Hall–Kier alpha value is -2.95. The maximum absolute atomic E-state index is 14.0. The summed E-state index contributed by atoms with van der Waals surface area (Å²) in [6.07, 6.45) is 4.24. The lowest BCUT2D eigenvalue weighted by atomic mass is 10.2. The van der Waals surface area contributed by atoms with Gasteiger partial charge in [0.25, 0.3) is 0 Å². The van der Waals surface area contributed by atoms with E-state index >= 15 is 0 Å². The Morgan fingerprint density at radius 1 is 1.12 bits per heavy atom. The van der Waals surface area contributed by atoms with Gasteiger partial charge in [0, 0.05) is 51.2 Å². The smallest absolute Gasteiger partial charge is 0.213 e. The summed E-state index contributed by atoms with van der Waals surface area (Å²) in [4.78, 5) is 14.7. The van der Waals surface area contributed by atoms with Crippen molar-refractivity contribution in [2.45, 2.75) is 25.6 Å². The molecule has 3 heterocycles. The van der Waals surface area contributed by atoms with Gasteiger partial charge in [-0.15, -0.1) is 24.0 Å². The molecule has 1 fully saturated rings. The molecule has 0 aliphatic carbocycles. The monoisotopic (exact) mass is 562 g/mol. The molecular formula is C24H28FIN6O. The number of nitrogens with one attached hydrogen (secondary N) is 2. The summed E-state index contributed by atoms with van der Waals surface area (Å²) >= 11 is 0. The van der Waals surface area contributed by atoms with Crippen molar-refractivity contribution in [2.24, 2.45) is 4.99 Å². The van der Waals surface area contributed by atoms with Gasteiger partial charge in [0.2, 0.25) is 5.88 Å². The molecule has 0 spiro atoms. The van der Waals surface area contributed by atoms with Crippen molar-refractivity contribution < 1.29 is 9.13 Å². The fourth-order valence-corrected chi connectivity index (χ4v) is 3.63. The van der Waals surface area contributed by atoms with Crippen molar-refractivity contribution in [2.75, 3.05) is 25.0 Å². The van der Waals surface area contributed by atoms with Crippen LogP contribution in [-0.2, 0) is 13.2 Å². The Bertz CT molecular complexity index is 1050. The third kappa shape index (κ3) is 7.01. The highest BCUT2D eigenvalue weighted by atomic mass is 127. The van der Waals surface area contributed by atoms with Gasteiger partial charge in [-0.1, -0.05) is 30.3 Å². The van der Waals surface area contributed by atoms with Crippen LogP contribution >= 0.6 is 24.0 Å². The SMILES string of the molecule is CN=C(NCc1ccnc(OCc2ccccc2)c1)NC1CCN(c2ncccc2F)C1.I. The van der Waals surface area contributed by atoms with Gasteiger partial charge >= 0.3 is 0 Å². The summed E-state index contributed by atoms with van der Waals surface area (Å²) in [5.41, 5.74) is 2.13. The molecule has 2 N–H and O–H groups in total. The van der Waals surface area contributed by atoms with Crippen LogP contribution in [0, 0.1) is 5.82 Å². The Balaban J connectivity index is 0.00000306. The third-order valence-corrected chi connectivity index (χ3v) is 5.28. The summed E-state index contributed by atoms with van der Waals surface area (Å²) in [6, 6.07) is 17.1. The topological polar surface area (TPSA) is 74.7 Å². The lowest BCUT2D eigenvalue weighted by Gasteiger charge is -2.20. The quantitative estimate of drug-likeness (QED) is 0.260. The molecule has 1 aliphatic rings. The van der Waals surface area contributed by atoms with E-state index in [0.29, 0.717) is 37.4 Å². The number of hydrogen-bond acceptors (Lipinski definition) is 5. The van der Waals surface area contributed by atoms with Crippen LogP contribution in [0.5, 0.6) is 5.88 Å². The van der Waals surface area contributed by atoms with Gasteiger partial charge in [-0.05, 0) is 35.7 Å². The Kier molecular flexibility index (Phi) is 9.23. The van der Waals surface area contributed by atoms with E-state index in [4.69, 9.17) is 4.74 Å². The van der Waals surface area contributed by atoms with Crippen molar-refractivity contribution in [1.29, 1.82) is 0 Å². The van der Waals surface area contributed by atoms with Crippen LogP contribution in [-0.4, -0.2) is 42.1 Å². The van der Waals surface area contributed by atoms with E-state index in [9.17, 15) is 4.39 Å². The zero-order valence-corrected chi connectivity index (χ0v) is 20.8. The summed E-state index contributed by atoms with van der Waals surface area (Å²) in [7, 11) is 1.74. The van der Waals surface area contributed by atoms with E-state index in [0.717, 1.165) is 24.1 Å². The number of aliphatic imine (C=N–C) groups is 1. The summed E-state index contributed by atoms with van der Waals surface area (Å²) in [5.74, 6) is 1.39. The standard InChI is InChI=1S/C24H27FN6O.HI/c1-26-24(30-20-10-13-31(16-20)23-21(25)8-5-11-28-23)29-15-19-9-12-27-22(14-19)32-17-18-6-3-2-4-7-18;/h2-9,11-12,14,20H,10,13,15-17H2,1H3,(H2,26,29,30);1H. The number of ether oxygens (including phenoxy) is 1. The van der Waals surface area contributed by atoms with Crippen LogP contribution in [0.15, 0.2) is 72.0 Å². The highest BCUT2D eigenvalue weighted by molar-refractivity contribution is 14.0. The predicted octanol–water partition coefficient (Wildman–Crippen LogP) is 3.76. The first kappa shape index (κ1) is 24.7. The molecule has 174 valence electrons. The number of benzene rings is 1. The van der Waals surface area contributed by atoms with Crippen LogP contribution in [0.3, 0.4) is 0 Å². The first-order valence-corrected chi connectivity index (χ1v) is 10.7. The minimum atomic E-state index is -0.293. The van der Waals surface area contributed by atoms with Gasteiger partial charge in [0.05, 0.1) is 0 Å². The van der Waals surface area contributed by atoms with E-state index in [2.05, 4.69) is 25.6 Å². The van der Waals surface area contributed by atoms with Gasteiger partial charge in [0.1, 0.15) is 6.61 Å². The number of aromatic nitrogens is 2. The number of rotatable bonds is 7.